The summed E-state index contributed by atoms with van der Waals surface area (Å²) in [4.78, 5) is 49.5. The van der Waals surface area contributed by atoms with Crippen molar-refractivity contribution in [2.45, 2.75) is 58.5 Å². The van der Waals surface area contributed by atoms with Gasteiger partial charge in [-0.1, -0.05) is 12.8 Å². The molecule has 2 heterocycles. The third-order valence-corrected chi connectivity index (χ3v) is 5.78. The molecule has 2 aromatic rings. The van der Waals surface area contributed by atoms with Gasteiger partial charge in [-0.15, -0.1) is 0 Å². The molecule has 0 unspecified atom stereocenters. The van der Waals surface area contributed by atoms with Gasteiger partial charge in [-0.2, -0.15) is 0 Å². The van der Waals surface area contributed by atoms with Gasteiger partial charge in [0.1, 0.15) is 0 Å². The summed E-state index contributed by atoms with van der Waals surface area (Å²) in [6.07, 6.45) is 25.7. The molecule has 0 amide bonds. The first-order valence-corrected chi connectivity index (χ1v) is 11.9. The van der Waals surface area contributed by atoms with Gasteiger partial charge >= 0.3 is 28.4 Å². The fourth-order valence-corrected chi connectivity index (χ4v) is 3.79. The zero-order chi connectivity index (χ0) is 25.0. The van der Waals surface area contributed by atoms with Crippen molar-refractivity contribution >= 4 is 0 Å². The van der Waals surface area contributed by atoms with Gasteiger partial charge in [0.25, 0.3) is 11.1 Å². The van der Waals surface area contributed by atoms with Crippen LogP contribution in [-0.4, -0.2) is 19.1 Å². The van der Waals surface area contributed by atoms with Crippen LogP contribution in [0.5, 0.6) is 0 Å². The largest absolute Gasteiger partial charge is 2.00 e. The molecule has 0 aliphatic heterocycles. The van der Waals surface area contributed by atoms with Crippen LogP contribution >= 0.6 is 0 Å². The molecule has 2 aromatic heterocycles. The van der Waals surface area contributed by atoms with E-state index in [0.717, 1.165) is 38.5 Å². The molecule has 190 valence electrons. The van der Waals surface area contributed by atoms with Crippen molar-refractivity contribution in [1.82, 2.24) is 19.1 Å². The quantitative estimate of drug-likeness (QED) is 0.362. The van der Waals surface area contributed by atoms with Gasteiger partial charge in [-0.25, -0.2) is 9.59 Å². The van der Waals surface area contributed by atoms with E-state index in [9.17, 15) is 19.2 Å². The maximum absolute atomic E-state index is 11.5. The molecule has 2 aliphatic carbocycles. The predicted octanol–water partition coefficient (Wildman–Crippen LogP) is 2.53. The van der Waals surface area contributed by atoms with Crippen molar-refractivity contribution < 1.29 is 17.1 Å². The Morgan fingerprint density at radius 1 is 0.694 bits per heavy atom. The van der Waals surface area contributed by atoms with E-state index in [1.165, 1.54) is 22.5 Å². The molecule has 0 bridgehead atoms. The summed E-state index contributed by atoms with van der Waals surface area (Å²) in [6, 6.07) is 1.37. The smallest absolute Gasteiger partial charge is 0.301 e. The van der Waals surface area contributed by atoms with Crippen LogP contribution in [0.3, 0.4) is 0 Å². The monoisotopic (exact) mass is 532 g/mol. The summed E-state index contributed by atoms with van der Waals surface area (Å²) >= 11 is 0. The number of nitrogens with one attached hydrogen (secondary N) is 2. The molecule has 2 saturated carbocycles. The zero-order valence-electron chi connectivity index (χ0n) is 20.4. The average Bonchev–Trinajstić information content (AvgIpc) is 3.54. The predicted molar refractivity (Wildman–Crippen MR) is 136 cm³/mol. The minimum atomic E-state index is -0.344. The molecule has 2 N–H and O–H groups in total. The Balaban J connectivity index is 0.000000247. The second-order valence-electron chi connectivity index (χ2n) is 8.57. The maximum atomic E-state index is 11.5. The number of aromatic nitrogens is 4. The molecule has 2 fully saturated rings. The van der Waals surface area contributed by atoms with Crippen LogP contribution < -0.4 is 22.5 Å². The Labute approximate surface area is 223 Å². The van der Waals surface area contributed by atoms with E-state index in [1.807, 2.05) is 25.7 Å². The first kappa shape index (κ1) is 30.1. The van der Waals surface area contributed by atoms with Gasteiger partial charge in [0.2, 0.25) is 0 Å². The second-order valence-corrected chi connectivity index (χ2v) is 8.57. The summed E-state index contributed by atoms with van der Waals surface area (Å²) in [5.74, 6) is 2.67. The fraction of sp³-hybridized carbons (Fsp3) is 0.333. The van der Waals surface area contributed by atoms with Gasteiger partial charge in [0.15, 0.2) is 0 Å². The standard InChI is InChI=1S/C14H17N2O2.C13H15N2O2.Fe/c1-11-10-16(14(18)15-13(11)17)9-5-4-8-12-6-2-3-7-12;16-12-8-10-15(13(17)14-12)9-4-3-7-11-5-1-2-6-11;/h2-3,6-7,10H,4-5,8-9H2,1H3,(H,15,17,18);1-2,5-6,8,10H,3-4,7,9H2,(H,14,16,17);/q;;+2. The van der Waals surface area contributed by atoms with Crippen molar-refractivity contribution in [2.75, 3.05) is 0 Å². The number of H-pyrrole nitrogens is 2. The number of hydrogen-bond donors (Lipinski definition) is 2. The van der Waals surface area contributed by atoms with Gasteiger partial charge in [0, 0.05) is 37.1 Å². The van der Waals surface area contributed by atoms with Crippen LogP contribution in [0.25, 0.3) is 0 Å². The molecule has 8 nitrogen and oxygen atoms in total. The molecule has 2 aliphatic rings. The van der Waals surface area contributed by atoms with Crippen molar-refractivity contribution in [1.29, 1.82) is 0 Å². The first-order valence-electron chi connectivity index (χ1n) is 11.9. The van der Waals surface area contributed by atoms with E-state index in [-0.39, 0.29) is 39.6 Å². The molecule has 0 saturated heterocycles. The Bertz CT molecular complexity index is 1140. The molecule has 10 radical (unpaired) electrons. The molecule has 0 atom stereocenters. The summed E-state index contributed by atoms with van der Waals surface area (Å²) in [6.45, 7) is 3.01. The summed E-state index contributed by atoms with van der Waals surface area (Å²) in [7, 11) is 0. The van der Waals surface area contributed by atoms with Crippen molar-refractivity contribution in [2.24, 2.45) is 0 Å². The number of hydrogen-bond acceptors (Lipinski definition) is 4. The molecule has 0 aromatic carbocycles. The third-order valence-electron chi connectivity index (χ3n) is 5.78. The van der Waals surface area contributed by atoms with Gasteiger partial charge < -0.3 is 9.13 Å². The second kappa shape index (κ2) is 15.9. The maximum Gasteiger partial charge on any atom is 2.00 e. The van der Waals surface area contributed by atoms with E-state index in [4.69, 9.17) is 0 Å². The van der Waals surface area contributed by atoms with Gasteiger partial charge in [0.05, 0.1) is 0 Å². The Hall–Kier alpha value is -2.12. The van der Waals surface area contributed by atoms with E-state index < -0.39 is 0 Å². The SMILES string of the molecule is Cc1cn(CCCC[C]2[CH][CH][CH][CH]2)c(=O)[nH]c1=O.O=c1ccn(CCCC[C]2[CH][CH][CH][CH]2)c(=O)[nH]1.[Fe+2]. The topological polar surface area (TPSA) is 110 Å². The summed E-state index contributed by atoms with van der Waals surface area (Å²) in [5, 5.41) is 0. The molecule has 4 rings (SSSR count). The van der Waals surface area contributed by atoms with Crippen LogP contribution in [0.2, 0.25) is 0 Å². The zero-order valence-corrected chi connectivity index (χ0v) is 21.5. The minimum absolute atomic E-state index is 0. The molecule has 36 heavy (non-hydrogen) atoms. The molecule has 9 heteroatoms. The number of aromatic amines is 2. The molecular weight excluding hydrogens is 500 g/mol. The van der Waals surface area contributed by atoms with Gasteiger partial charge in [-0.3, -0.25) is 19.6 Å². The normalized spacial score (nSPS) is 15.9. The fourth-order valence-electron chi connectivity index (χ4n) is 3.79. The van der Waals surface area contributed by atoms with Crippen LogP contribution in [0.1, 0.15) is 44.1 Å². The van der Waals surface area contributed by atoms with E-state index in [2.05, 4.69) is 35.7 Å². The summed E-state index contributed by atoms with van der Waals surface area (Å²) < 4.78 is 3.11. The van der Waals surface area contributed by atoms with Crippen LogP contribution in [-0.2, 0) is 30.2 Å². The Morgan fingerprint density at radius 2 is 1.19 bits per heavy atom. The van der Waals surface area contributed by atoms with E-state index in [0.29, 0.717) is 18.7 Å². The summed E-state index contributed by atoms with van der Waals surface area (Å²) in [5.41, 5.74) is -0.716. The number of aryl methyl sites for hydroxylation is 3. The van der Waals surface area contributed by atoms with Crippen LogP contribution in [0.4, 0.5) is 0 Å². The van der Waals surface area contributed by atoms with Crippen molar-refractivity contribution in [3.63, 3.8) is 0 Å². The van der Waals surface area contributed by atoms with Crippen molar-refractivity contribution in [3.8, 4) is 0 Å². The Kier molecular flexibility index (Phi) is 13.3. The average molecular weight is 532 g/mol. The van der Waals surface area contributed by atoms with Gasteiger partial charge in [-0.05, 0) is 95.8 Å². The van der Waals surface area contributed by atoms with Crippen LogP contribution in [0, 0.1) is 70.1 Å². The first-order chi connectivity index (χ1) is 16.9. The Morgan fingerprint density at radius 3 is 1.72 bits per heavy atom. The van der Waals surface area contributed by atoms with Crippen molar-refractivity contribution in [3.05, 3.63) is 129 Å². The number of unbranched alkanes of at least 4 members (excludes halogenated alkanes) is 2. The van der Waals surface area contributed by atoms with E-state index >= 15 is 0 Å². The third kappa shape index (κ3) is 10.1. The van der Waals surface area contributed by atoms with E-state index in [1.54, 1.807) is 23.9 Å². The molecule has 0 spiro atoms. The number of rotatable bonds is 10. The van der Waals surface area contributed by atoms with Crippen LogP contribution in [0.15, 0.2) is 37.6 Å². The number of nitrogens with zero attached hydrogens (tertiary/aromatic N) is 2. The minimum Gasteiger partial charge on any atom is -0.301 e. The molecular formula is C27H32FeN4O4+2.